The van der Waals surface area contributed by atoms with Gasteiger partial charge in [-0.2, -0.15) is 0 Å². The van der Waals surface area contributed by atoms with Gasteiger partial charge in [-0.1, -0.05) is 0 Å². The number of esters is 1. The summed E-state index contributed by atoms with van der Waals surface area (Å²) in [7, 11) is 3.29. The van der Waals surface area contributed by atoms with E-state index in [0.717, 1.165) is 6.54 Å². The van der Waals surface area contributed by atoms with Crippen LogP contribution in [-0.4, -0.2) is 43.7 Å². The molecule has 1 fully saturated rings. The zero-order valence-corrected chi connectivity index (χ0v) is 6.91. The van der Waals surface area contributed by atoms with E-state index in [9.17, 15) is 4.79 Å². The van der Waals surface area contributed by atoms with Crippen molar-refractivity contribution in [2.75, 3.05) is 20.7 Å². The maximum atomic E-state index is 11.1. The van der Waals surface area contributed by atoms with E-state index in [-0.39, 0.29) is 18.1 Å². The Morgan fingerprint density at radius 3 is 2.73 bits per heavy atom. The molecular weight excluding hydrogens is 144 g/mol. The predicted octanol–water partition coefficient (Wildman–Crippen LogP) is -0.809. The van der Waals surface area contributed by atoms with Crippen LogP contribution in [0.3, 0.4) is 0 Å². The van der Waals surface area contributed by atoms with E-state index >= 15 is 0 Å². The molecule has 11 heavy (non-hydrogen) atoms. The fourth-order valence-corrected chi connectivity index (χ4v) is 1.45. The second-order valence-electron chi connectivity index (χ2n) is 2.97. The Morgan fingerprint density at radius 1 is 1.73 bits per heavy atom. The molecule has 1 unspecified atom stereocenters. The van der Waals surface area contributed by atoms with Crippen LogP contribution in [0.1, 0.15) is 6.42 Å². The monoisotopic (exact) mass is 158 g/mol. The van der Waals surface area contributed by atoms with Crippen LogP contribution in [0.15, 0.2) is 0 Å². The van der Waals surface area contributed by atoms with Crippen LogP contribution in [0, 0.1) is 0 Å². The number of hydrogen-bond donors (Lipinski definition) is 1. The standard InChI is InChI=1S/C7H14N2O2/c1-9-4-5(8)3-6(9)7(10)11-2/h5-6H,3-4,8H2,1-2H3/t5?,6-/m0/s1. The number of ether oxygens (including phenoxy) is 1. The largest absolute Gasteiger partial charge is 0.468 e. The van der Waals surface area contributed by atoms with Crippen LogP contribution in [0.25, 0.3) is 0 Å². The molecule has 1 rings (SSSR count). The molecule has 2 N–H and O–H groups in total. The van der Waals surface area contributed by atoms with Crippen molar-refractivity contribution < 1.29 is 9.53 Å². The van der Waals surface area contributed by atoms with Gasteiger partial charge in [0.15, 0.2) is 0 Å². The molecule has 0 aromatic heterocycles. The molecule has 1 aliphatic rings. The lowest BCUT2D eigenvalue weighted by atomic mass is 10.2. The molecule has 0 radical (unpaired) electrons. The number of methoxy groups -OCH3 is 1. The van der Waals surface area contributed by atoms with E-state index in [1.165, 1.54) is 7.11 Å². The molecule has 4 heteroatoms. The number of hydrogen-bond acceptors (Lipinski definition) is 4. The van der Waals surface area contributed by atoms with Gasteiger partial charge in [-0.25, -0.2) is 0 Å². The highest BCUT2D eigenvalue weighted by molar-refractivity contribution is 5.76. The first-order chi connectivity index (χ1) is 5.15. The highest BCUT2D eigenvalue weighted by atomic mass is 16.5. The first-order valence-corrected chi connectivity index (χ1v) is 3.68. The lowest BCUT2D eigenvalue weighted by Crippen LogP contribution is -2.33. The Labute approximate surface area is 66.3 Å². The van der Waals surface area contributed by atoms with Gasteiger partial charge in [0.05, 0.1) is 7.11 Å². The highest BCUT2D eigenvalue weighted by Gasteiger charge is 2.32. The molecule has 0 amide bonds. The number of likely N-dealkylation sites (N-methyl/N-ethyl adjacent to an activating group) is 1. The van der Waals surface area contributed by atoms with Gasteiger partial charge in [0, 0.05) is 12.6 Å². The molecule has 1 saturated heterocycles. The second-order valence-corrected chi connectivity index (χ2v) is 2.97. The number of carbonyl (C=O) groups is 1. The summed E-state index contributed by atoms with van der Waals surface area (Å²) in [5.41, 5.74) is 5.66. The van der Waals surface area contributed by atoms with E-state index in [4.69, 9.17) is 5.73 Å². The summed E-state index contributed by atoms with van der Waals surface area (Å²) in [4.78, 5) is 13.0. The molecule has 0 aliphatic carbocycles. The Balaban J connectivity index is 2.52. The SMILES string of the molecule is COC(=O)[C@@H]1CC(N)CN1C. The van der Waals surface area contributed by atoms with E-state index in [1.807, 2.05) is 11.9 Å². The summed E-state index contributed by atoms with van der Waals surface area (Å²) in [5, 5.41) is 0. The molecule has 0 saturated carbocycles. The van der Waals surface area contributed by atoms with Crippen molar-refractivity contribution in [3.8, 4) is 0 Å². The minimum atomic E-state index is -0.180. The van der Waals surface area contributed by atoms with Crippen molar-refractivity contribution in [3.63, 3.8) is 0 Å². The van der Waals surface area contributed by atoms with Gasteiger partial charge in [-0.05, 0) is 13.5 Å². The van der Waals surface area contributed by atoms with E-state index in [1.54, 1.807) is 0 Å². The third-order valence-electron chi connectivity index (χ3n) is 2.05. The Hall–Kier alpha value is -0.610. The Bertz CT molecular complexity index is 161. The van der Waals surface area contributed by atoms with Crippen LogP contribution in [0.4, 0.5) is 0 Å². The number of nitrogens with two attached hydrogens (primary N) is 1. The fourth-order valence-electron chi connectivity index (χ4n) is 1.45. The van der Waals surface area contributed by atoms with Crippen molar-refractivity contribution in [1.29, 1.82) is 0 Å². The van der Waals surface area contributed by atoms with Crippen molar-refractivity contribution in [2.24, 2.45) is 5.73 Å². The minimum absolute atomic E-state index is 0.115. The molecule has 0 aromatic carbocycles. The summed E-state index contributed by atoms with van der Waals surface area (Å²) in [5.74, 6) is -0.180. The smallest absolute Gasteiger partial charge is 0.323 e. The molecule has 2 atom stereocenters. The van der Waals surface area contributed by atoms with Crippen LogP contribution in [0.2, 0.25) is 0 Å². The third kappa shape index (κ3) is 1.70. The molecule has 1 heterocycles. The maximum Gasteiger partial charge on any atom is 0.323 e. The van der Waals surface area contributed by atoms with Crippen LogP contribution >= 0.6 is 0 Å². The van der Waals surface area contributed by atoms with Crippen molar-refractivity contribution in [2.45, 2.75) is 18.5 Å². The van der Waals surface area contributed by atoms with E-state index in [0.29, 0.717) is 6.42 Å². The lowest BCUT2D eigenvalue weighted by Gasteiger charge is -2.15. The quantitative estimate of drug-likeness (QED) is 0.507. The van der Waals surface area contributed by atoms with Crippen LogP contribution in [-0.2, 0) is 9.53 Å². The molecule has 0 spiro atoms. The van der Waals surface area contributed by atoms with Crippen molar-refractivity contribution in [3.05, 3.63) is 0 Å². The molecule has 0 bridgehead atoms. The van der Waals surface area contributed by atoms with Gasteiger partial charge in [-0.3, -0.25) is 9.69 Å². The summed E-state index contributed by atoms with van der Waals surface area (Å²) in [6.07, 6.45) is 0.711. The number of carbonyl (C=O) groups excluding carboxylic acids is 1. The molecular formula is C7H14N2O2. The topological polar surface area (TPSA) is 55.6 Å². The Kier molecular flexibility index (Phi) is 2.46. The number of nitrogens with zero attached hydrogens (tertiary/aromatic N) is 1. The van der Waals surface area contributed by atoms with E-state index < -0.39 is 0 Å². The van der Waals surface area contributed by atoms with Gasteiger partial charge in [0.2, 0.25) is 0 Å². The maximum absolute atomic E-state index is 11.1. The molecule has 64 valence electrons. The van der Waals surface area contributed by atoms with Gasteiger partial charge in [-0.15, -0.1) is 0 Å². The first-order valence-electron chi connectivity index (χ1n) is 3.68. The average Bonchev–Trinajstić information content (AvgIpc) is 2.28. The van der Waals surface area contributed by atoms with E-state index in [2.05, 4.69) is 4.74 Å². The fraction of sp³-hybridized carbons (Fsp3) is 0.857. The normalized spacial score (nSPS) is 32.3. The molecule has 1 aliphatic heterocycles. The Morgan fingerprint density at radius 2 is 2.36 bits per heavy atom. The summed E-state index contributed by atoms with van der Waals surface area (Å²) in [6, 6.07) is -0.0147. The van der Waals surface area contributed by atoms with Crippen molar-refractivity contribution >= 4 is 5.97 Å². The summed E-state index contributed by atoms with van der Waals surface area (Å²) < 4.78 is 4.62. The van der Waals surface area contributed by atoms with Crippen LogP contribution < -0.4 is 5.73 Å². The zero-order chi connectivity index (χ0) is 8.43. The zero-order valence-electron chi connectivity index (χ0n) is 6.91. The number of rotatable bonds is 1. The highest BCUT2D eigenvalue weighted by Crippen LogP contribution is 2.14. The third-order valence-corrected chi connectivity index (χ3v) is 2.05. The van der Waals surface area contributed by atoms with Crippen molar-refractivity contribution in [1.82, 2.24) is 4.90 Å². The van der Waals surface area contributed by atoms with Gasteiger partial charge in [0.1, 0.15) is 6.04 Å². The lowest BCUT2D eigenvalue weighted by molar-refractivity contribution is -0.145. The average molecular weight is 158 g/mol. The first kappa shape index (κ1) is 8.49. The van der Waals surface area contributed by atoms with Gasteiger partial charge < -0.3 is 10.5 Å². The summed E-state index contributed by atoms with van der Waals surface area (Å²) in [6.45, 7) is 0.778. The van der Waals surface area contributed by atoms with Gasteiger partial charge in [0.25, 0.3) is 0 Å². The van der Waals surface area contributed by atoms with Gasteiger partial charge >= 0.3 is 5.97 Å². The summed E-state index contributed by atoms with van der Waals surface area (Å²) >= 11 is 0. The molecule has 0 aromatic rings. The molecule has 4 nitrogen and oxygen atoms in total. The second kappa shape index (κ2) is 3.19. The minimum Gasteiger partial charge on any atom is -0.468 e. The van der Waals surface area contributed by atoms with Crippen LogP contribution in [0.5, 0.6) is 0 Å². The predicted molar refractivity (Wildman–Crippen MR) is 41.0 cm³/mol. The number of likely N-dealkylation sites (tertiary alicyclic amines) is 1.